The minimum absolute atomic E-state index is 0.329. The minimum Gasteiger partial charge on any atom is -0.478 e. The monoisotopic (exact) mass is 184 g/mol. The van der Waals surface area contributed by atoms with E-state index in [1.165, 1.54) is 0 Å². The molecule has 0 aliphatic heterocycles. The minimum atomic E-state index is -0.865. The molecule has 0 fully saturated rings. The zero-order valence-electron chi connectivity index (χ0n) is 8.84. The molecule has 2 heteroatoms. The molecule has 0 saturated carbocycles. The smallest absolute Gasteiger partial charge is 0.330 e. The molecule has 13 heavy (non-hydrogen) atoms. The second kappa shape index (κ2) is 5.79. The summed E-state index contributed by atoms with van der Waals surface area (Å²) in [6, 6.07) is 0. The van der Waals surface area contributed by atoms with Crippen molar-refractivity contribution in [3.63, 3.8) is 0 Å². The van der Waals surface area contributed by atoms with E-state index >= 15 is 0 Å². The number of carbonyl (C=O) groups is 1. The highest BCUT2D eigenvalue weighted by Crippen LogP contribution is 2.20. The third kappa shape index (κ3) is 5.45. The van der Waals surface area contributed by atoms with E-state index in [1.807, 2.05) is 0 Å². The summed E-state index contributed by atoms with van der Waals surface area (Å²) in [7, 11) is 0. The van der Waals surface area contributed by atoms with E-state index in [0.29, 0.717) is 23.8 Å². The summed E-state index contributed by atoms with van der Waals surface area (Å²) in [5.41, 5.74) is 0.329. The van der Waals surface area contributed by atoms with Gasteiger partial charge >= 0.3 is 5.97 Å². The lowest BCUT2D eigenvalue weighted by atomic mass is 9.91. The normalized spacial score (nSPS) is 15.0. The molecule has 0 amide bonds. The lowest BCUT2D eigenvalue weighted by Crippen LogP contribution is -2.07. The summed E-state index contributed by atoms with van der Waals surface area (Å²) in [5.74, 6) is 0.242. The van der Waals surface area contributed by atoms with Crippen LogP contribution in [0.5, 0.6) is 0 Å². The van der Waals surface area contributed by atoms with Crippen LogP contribution in [0.2, 0.25) is 0 Å². The lowest BCUT2D eigenvalue weighted by molar-refractivity contribution is -0.132. The first kappa shape index (κ1) is 12.2. The van der Waals surface area contributed by atoms with Crippen LogP contribution < -0.4 is 0 Å². The van der Waals surface area contributed by atoms with Crippen LogP contribution in [0.4, 0.5) is 0 Å². The van der Waals surface area contributed by atoms with Gasteiger partial charge in [0, 0.05) is 5.57 Å². The summed E-state index contributed by atoms with van der Waals surface area (Å²) in [5, 5.41) is 8.62. The molecule has 0 aromatic carbocycles. The quantitative estimate of drug-likeness (QED) is 0.644. The molecule has 0 heterocycles. The van der Waals surface area contributed by atoms with Gasteiger partial charge in [0.25, 0.3) is 0 Å². The Morgan fingerprint density at radius 3 is 2.31 bits per heavy atom. The van der Waals surface area contributed by atoms with Gasteiger partial charge in [-0.05, 0) is 24.7 Å². The van der Waals surface area contributed by atoms with Gasteiger partial charge < -0.3 is 5.11 Å². The fraction of sp³-hybridized carbons (Fsp3) is 0.727. The molecule has 0 aromatic rings. The standard InChI is InChI=1S/C11H20O2/c1-5-8(2)6-9(3)7-10(4)11(12)13/h8-9H,4-7H2,1-3H3,(H,12,13). The van der Waals surface area contributed by atoms with Crippen molar-refractivity contribution in [3.8, 4) is 0 Å². The molecular formula is C11H20O2. The van der Waals surface area contributed by atoms with Crippen molar-refractivity contribution in [1.29, 1.82) is 0 Å². The van der Waals surface area contributed by atoms with Crippen molar-refractivity contribution in [1.82, 2.24) is 0 Å². The average Bonchev–Trinajstić information content (AvgIpc) is 2.03. The van der Waals surface area contributed by atoms with Crippen LogP contribution in [-0.2, 0) is 4.79 Å². The van der Waals surface area contributed by atoms with Gasteiger partial charge in [0.2, 0.25) is 0 Å². The van der Waals surface area contributed by atoms with E-state index in [9.17, 15) is 4.79 Å². The molecular weight excluding hydrogens is 164 g/mol. The van der Waals surface area contributed by atoms with Crippen molar-refractivity contribution in [2.24, 2.45) is 11.8 Å². The van der Waals surface area contributed by atoms with Crippen LogP contribution in [0.15, 0.2) is 12.2 Å². The van der Waals surface area contributed by atoms with Crippen LogP contribution in [0, 0.1) is 11.8 Å². The van der Waals surface area contributed by atoms with Gasteiger partial charge in [-0.2, -0.15) is 0 Å². The Hall–Kier alpha value is -0.790. The van der Waals surface area contributed by atoms with Crippen molar-refractivity contribution < 1.29 is 9.90 Å². The van der Waals surface area contributed by atoms with E-state index in [4.69, 9.17) is 5.11 Å². The summed E-state index contributed by atoms with van der Waals surface area (Å²) >= 11 is 0. The Bertz CT molecular complexity index is 185. The Balaban J connectivity index is 3.80. The molecule has 0 spiro atoms. The van der Waals surface area contributed by atoms with Crippen LogP contribution in [0.25, 0.3) is 0 Å². The summed E-state index contributed by atoms with van der Waals surface area (Å²) in [6.07, 6.45) is 2.85. The molecule has 0 rings (SSSR count). The molecule has 1 N–H and O–H groups in total. The van der Waals surface area contributed by atoms with Crippen LogP contribution in [0.1, 0.15) is 40.0 Å². The predicted octanol–water partition coefficient (Wildman–Crippen LogP) is 3.09. The van der Waals surface area contributed by atoms with E-state index in [1.54, 1.807) is 0 Å². The lowest BCUT2D eigenvalue weighted by Gasteiger charge is -2.15. The highest BCUT2D eigenvalue weighted by Gasteiger charge is 2.12. The molecule has 0 saturated heterocycles. The van der Waals surface area contributed by atoms with Gasteiger partial charge in [0.1, 0.15) is 0 Å². The van der Waals surface area contributed by atoms with Gasteiger partial charge in [0.05, 0.1) is 0 Å². The Morgan fingerprint density at radius 2 is 1.92 bits per heavy atom. The van der Waals surface area contributed by atoms with E-state index in [0.717, 1.165) is 12.8 Å². The Kier molecular flexibility index (Phi) is 5.44. The summed E-state index contributed by atoms with van der Waals surface area (Å²) < 4.78 is 0. The van der Waals surface area contributed by atoms with Gasteiger partial charge in [0.15, 0.2) is 0 Å². The first-order valence-corrected chi connectivity index (χ1v) is 4.88. The fourth-order valence-corrected chi connectivity index (χ4v) is 1.44. The largest absolute Gasteiger partial charge is 0.478 e. The highest BCUT2D eigenvalue weighted by atomic mass is 16.4. The maximum Gasteiger partial charge on any atom is 0.330 e. The molecule has 0 aromatic heterocycles. The van der Waals surface area contributed by atoms with Crippen molar-refractivity contribution in [2.75, 3.05) is 0 Å². The topological polar surface area (TPSA) is 37.3 Å². The average molecular weight is 184 g/mol. The van der Waals surface area contributed by atoms with Crippen LogP contribution in [0.3, 0.4) is 0 Å². The number of hydrogen-bond acceptors (Lipinski definition) is 1. The van der Waals surface area contributed by atoms with Gasteiger partial charge in [-0.1, -0.05) is 33.8 Å². The molecule has 0 aliphatic carbocycles. The Labute approximate surface area is 80.7 Å². The third-order valence-electron chi connectivity index (χ3n) is 2.40. The van der Waals surface area contributed by atoms with Gasteiger partial charge in [-0.3, -0.25) is 0 Å². The maximum absolute atomic E-state index is 10.5. The van der Waals surface area contributed by atoms with Crippen molar-refractivity contribution in [2.45, 2.75) is 40.0 Å². The number of carboxylic acid groups (broad SMARTS) is 1. The zero-order valence-corrected chi connectivity index (χ0v) is 8.84. The molecule has 0 radical (unpaired) electrons. The highest BCUT2D eigenvalue weighted by molar-refractivity contribution is 5.85. The molecule has 76 valence electrons. The van der Waals surface area contributed by atoms with Gasteiger partial charge in [-0.15, -0.1) is 0 Å². The van der Waals surface area contributed by atoms with Gasteiger partial charge in [-0.25, -0.2) is 4.79 Å². The second-order valence-electron chi connectivity index (χ2n) is 3.97. The molecule has 0 aliphatic rings. The SMILES string of the molecule is C=C(CC(C)CC(C)CC)C(=O)O. The fourth-order valence-electron chi connectivity index (χ4n) is 1.44. The number of carboxylic acids is 1. The summed E-state index contributed by atoms with van der Waals surface area (Å²) in [4.78, 5) is 10.5. The predicted molar refractivity (Wildman–Crippen MR) is 54.6 cm³/mol. The number of aliphatic carboxylic acids is 1. The van der Waals surface area contributed by atoms with Crippen molar-refractivity contribution in [3.05, 3.63) is 12.2 Å². The zero-order chi connectivity index (χ0) is 10.4. The first-order valence-electron chi connectivity index (χ1n) is 4.88. The first-order chi connectivity index (χ1) is 5.97. The Morgan fingerprint density at radius 1 is 1.38 bits per heavy atom. The van der Waals surface area contributed by atoms with E-state index < -0.39 is 5.97 Å². The van der Waals surface area contributed by atoms with E-state index in [-0.39, 0.29) is 0 Å². The molecule has 0 bridgehead atoms. The molecule has 2 nitrogen and oxygen atoms in total. The number of rotatable bonds is 6. The van der Waals surface area contributed by atoms with Crippen LogP contribution in [-0.4, -0.2) is 11.1 Å². The maximum atomic E-state index is 10.5. The molecule has 2 unspecified atom stereocenters. The van der Waals surface area contributed by atoms with Crippen molar-refractivity contribution >= 4 is 5.97 Å². The second-order valence-corrected chi connectivity index (χ2v) is 3.97. The molecule has 2 atom stereocenters. The number of hydrogen-bond donors (Lipinski definition) is 1. The van der Waals surface area contributed by atoms with E-state index in [2.05, 4.69) is 27.4 Å². The third-order valence-corrected chi connectivity index (χ3v) is 2.40. The van der Waals surface area contributed by atoms with Crippen LogP contribution >= 0.6 is 0 Å². The summed E-state index contributed by atoms with van der Waals surface area (Å²) in [6.45, 7) is 9.96.